The van der Waals surface area contributed by atoms with Gasteiger partial charge in [0.15, 0.2) is 5.65 Å². The highest BCUT2D eigenvalue weighted by Gasteiger charge is 2.12. The van der Waals surface area contributed by atoms with Crippen LogP contribution in [-0.4, -0.2) is 26.7 Å². The van der Waals surface area contributed by atoms with Crippen molar-refractivity contribution in [2.45, 2.75) is 13.3 Å². The summed E-state index contributed by atoms with van der Waals surface area (Å²) >= 11 is 12.2. The third-order valence-corrected chi connectivity index (χ3v) is 3.42. The second kappa shape index (κ2) is 5.87. The number of aromatic nitrogens is 4. The summed E-state index contributed by atoms with van der Waals surface area (Å²) in [6, 6.07) is 5.34. The third-order valence-electron chi connectivity index (χ3n) is 2.98. The average molecular weight is 322 g/mol. The average Bonchev–Trinajstić information content (AvgIpc) is 2.91. The number of benzene rings is 1. The molecule has 3 aromatic rings. The number of nitrogens with zero attached hydrogens (tertiary/aromatic N) is 3. The molecule has 1 aromatic carbocycles. The molecule has 0 saturated carbocycles. The fourth-order valence-electron chi connectivity index (χ4n) is 2.06. The summed E-state index contributed by atoms with van der Waals surface area (Å²) in [7, 11) is 0. The molecular formula is C14H13Cl2N5. The van der Waals surface area contributed by atoms with E-state index < -0.39 is 0 Å². The number of halogens is 2. The van der Waals surface area contributed by atoms with Crippen molar-refractivity contribution in [2.75, 3.05) is 11.9 Å². The van der Waals surface area contributed by atoms with Crippen molar-refractivity contribution < 1.29 is 0 Å². The van der Waals surface area contributed by atoms with Crippen LogP contribution in [0, 0.1) is 0 Å². The monoisotopic (exact) mass is 321 g/mol. The van der Waals surface area contributed by atoms with Gasteiger partial charge in [0.2, 0.25) is 5.95 Å². The lowest BCUT2D eigenvalue weighted by Crippen LogP contribution is -2.05. The second-order valence-electron chi connectivity index (χ2n) is 4.61. The first-order chi connectivity index (χ1) is 10.2. The summed E-state index contributed by atoms with van der Waals surface area (Å²) in [6.45, 7) is 2.88. The van der Waals surface area contributed by atoms with Gasteiger partial charge in [0, 0.05) is 22.2 Å². The van der Waals surface area contributed by atoms with Crippen LogP contribution >= 0.6 is 23.2 Å². The maximum Gasteiger partial charge on any atom is 0.225 e. The van der Waals surface area contributed by atoms with Crippen LogP contribution in [0.5, 0.6) is 0 Å². The van der Waals surface area contributed by atoms with Crippen LogP contribution in [0.3, 0.4) is 0 Å². The van der Waals surface area contributed by atoms with Crippen molar-refractivity contribution in [2.24, 2.45) is 0 Å². The molecule has 0 spiro atoms. The molecule has 7 heteroatoms. The molecule has 0 aliphatic rings. The first kappa shape index (κ1) is 14.1. The lowest BCUT2D eigenvalue weighted by molar-refractivity contribution is 0.955. The highest BCUT2D eigenvalue weighted by Crippen LogP contribution is 2.30. The van der Waals surface area contributed by atoms with Gasteiger partial charge in [-0.25, -0.2) is 4.98 Å². The van der Waals surface area contributed by atoms with Gasteiger partial charge in [-0.3, -0.25) is 5.10 Å². The molecule has 2 N–H and O–H groups in total. The lowest BCUT2D eigenvalue weighted by Gasteiger charge is -2.08. The van der Waals surface area contributed by atoms with E-state index in [-0.39, 0.29) is 0 Å². The molecule has 0 fully saturated rings. The minimum Gasteiger partial charge on any atom is -0.354 e. The molecule has 0 aliphatic carbocycles. The van der Waals surface area contributed by atoms with Gasteiger partial charge in [0.05, 0.1) is 17.3 Å². The van der Waals surface area contributed by atoms with Gasteiger partial charge >= 0.3 is 0 Å². The maximum atomic E-state index is 6.08. The first-order valence-corrected chi connectivity index (χ1v) is 7.34. The Morgan fingerprint density at radius 3 is 2.62 bits per heavy atom. The molecule has 0 saturated heterocycles. The molecule has 2 heterocycles. The summed E-state index contributed by atoms with van der Waals surface area (Å²) in [5, 5.41) is 12.0. The van der Waals surface area contributed by atoms with Gasteiger partial charge in [-0.2, -0.15) is 10.1 Å². The predicted molar refractivity (Wildman–Crippen MR) is 85.9 cm³/mol. The summed E-state index contributed by atoms with van der Waals surface area (Å²) in [6.07, 6.45) is 2.69. The summed E-state index contributed by atoms with van der Waals surface area (Å²) in [4.78, 5) is 8.96. The Bertz CT molecular complexity index is 764. The number of rotatable bonds is 4. The normalized spacial score (nSPS) is 11.0. The summed E-state index contributed by atoms with van der Waals surface area (Å²) in [5.41, 5.74) is 2.26. The largest absolute Gasteiger partial charge is 0.354 e. The molecule has 2 aromatic heterocycles. The molecule has 0 aliphatic heterocycles. The van der Waals surface area contributed by atoms with Gasteiger partial charge in [0.25, 0.3) is 0 Å². The van der Waals surface area contributed by atoms with Gasteiger partial charge < -0.3 is 5.32 Å². The Balaban J connectivity index is 2.17. The van der Waals surface area contributed by atoms with E-state index >= 15 is 0 Å². The van der Waals surface area contributed by atoms with E-state index in [1.807, 2.05) is 12.1 Å². The van der Waals surface area contributed by atoms with Gasteiger partial charge in [0.1, 0.15) is 0 Å². The van der Waals surface area contributed by atoms with Crippen molar-refractivity contribution in [3.63, 3.8) is 0 Å². The van der Waals surface area contributed by atoms with E-state index in [0.717, 1.165) is 29.6 Å². The number of hydrogen-bond acceptors (Lipinski definition) is 4. The van der Waals surface area contributed by atoms with Crippen LogP contribution in [-0.2, 0) is 0 Å². The second-order valence-corrected chi connectivity index (χ2v) is 5.49. The van der Waals surface area contributed by atoms with Crippen molar-refractivity contribution >= 4 is 40.2 Å². The molecule has 0 unspecified atom stereocenters. The Morgan fingerprint density at radius 2 is 1.90 bits per heavy atom. The van der Waals surface area contributed by atoms with Crippen LogP contribution in [0.4, 0.5) is 5.95 Å². The first-order valence-electron chi connectivity index (χ1n) is 6.59. The van der Waals surface area contributed by atoms with Crippen LogP contribution < -0.4 is 5.32 Å². The Morgan fingerprint density at radius 1 is 1.14 bits per heavy atom. The Hall–Kier alpha value is -1.85. The standard InChI is InChI=1S/C14H13Cl2N5/c1-2-3-17-14-19-12(11-7-18-21-13(11)20-14)8-4-9(15)6-10(16)5-8/h4-7H,2-3H2,1H3,(H2,17,18,19,20,21). The van der Waals surface area contributed by atoms with Crippen molar-refractivity contribution in [1.82, 2.24) is 20.2 Å². The number of anilines is 1. The van der Waals surface area contributed by atoms with Gasteiger partial charge in [-0.15, -0.1) is 0 Å². The van der Waals surface area contributed by atoms with E-state index in [2.05, 4.69) is 32.4 Å². The van der Waals surface area contributed by atoms with E-state index in [4.69, 9.17) is 23.2 Å². The zero-order chi connectivity index (χ0) is 14.8. The number of aromatic amines is 1. The van der Waals surface area contributed by atoms with Crippen LogP contribution in [0.25, 0.3) is 22.3 Å². The quantitative estimate of drug-likeness (QED) is 0.757. The molecule has 0 radical (unpaired) electrons. The minimum absolute atomic E-state index is 0.555. The zero-order valence-electron chi connectivity index (χ0n) is 11.3. The molecule has 5 nitrogen and oxygen atoms in total. The highest BCUT2D eigenvalue weighted by atomic mass is 35.5. The Labute approximate surface area is 131 Å². The van der Waals surface area contributed by atoms with Crippen molar-refractivity contribution in [3.8, 4) is 11.3 Å². The molecular weight excluding hydrogens is 309 g/mol. The van der Waals surface area contributed by atoms with Crippen LogP contribution in [0.15, 0.2) is 24.4 Å². The fourth-order valence-corrected chi connectivity index (χ4v) is 2.59. The summed E-state index contributed by atoms with van der Waals surface area (Å²) < 4.78 is 0. The van der Waals surface area contributed by atoms with Gasteiger partial charge in [-0.1, -0.05) is 30.1 Å². The molecule has 3 rings (SSSR count). The number of fused-ring (bicyclic) bond motifs is 1. The van der Waals surface area contributed by atoms with E-state index in [1.54, 1.807) is 12.3 Å². The smallest absolute Gasteiger partial charge is 0.225 e. The minimum atomic E-state index is 0.555. The molecule has 0 bridgehead atoms. The van der Waals surface area contributed by atoms with E-state index in [0.29, 0.717) is 21.6 Å². The van der Waals surface area contributed by atoms with E-state index in [1.165, 1.54) is 0 Å². The maximum absolute atomic E-state index is 6.08. The van der Waals surface area contributed by atoms with Crippen molar-refractivity contribution in [1.29, 1.82) is 0 Å². The van der Waals surface area contributed by atoms with Crippen molar-refractivity contribution in [3.05, 3.63) is 34.4 Å². The molecule has 108 valence electrons. The molecule has 0 atom stereocenters. The number of H-pyrrole nitrogens is 1. The number of nitrogens with one attached hydrogen (secondary N) is 2. The van der Waals surface area contributed by atoms with E-state index in [9.17, 15) is 0 Å². The van der Waals surface area contributed by atoms with Crippen LogP contribution in [0.1, 0.15) is 13.3 Å². The number of hydrogen-bond donors (Lipinski definition) is 2. The zero-order valence-corrected chi connectivity index (χ0v) is 12.8. The lowest BCUT2D eigenvalue weighted by atomic mass is 10.1. The fraction of sp³-hybridized carbons (Fsp3) is 0.214. The Kier molecular flexibility index (Phi) is 3.94. The third kappa shape index (κ3) is 2.94. The molecule has 0 amide bonds. The molecule has 21 heavy (non-hydrogen) atoms. The van der Waals surface area contributed by atoms with Crippen LogP contribution in [0.2, 0.25) is 10.0 Å². The predicted octanol–water partition coefficient (Wildman–Crippen LogP) is 4.15. The topological polar surface area (TPSA) is 66.5 Å². The summed E-state index contributed by atoms with van der Waals surface area (Å²) in [5.74, 6) is 0.555. The highest BCUT2D eigenvalue weighted by molar-refractivity contribution is 6.35. The SMILES string of the molecule is CCCNc1nc(-c2cc(Cl)cc(Cl)c2)c2cn[nH]c2n1. The van der Waals surface area contributed by atoms with Gasteiger partial charge in [-0.05, 0) is 24.6 Å².